The summed E-state index contributed by atoms with van der Waals surface area (Å²) in [6.45, 7) is 0. The average molecular weight is 358 g/mol. The van der Waals surface area contributed by atoms with E-state index < -0.39 is 0 Å². The van der Waals surface area contributed by atoms with Gasteiger partial charge in [0.05, 0.1) is 22.8 Å². The monoisotopic (exact) mass is 358 g/mol. The summed E-state index contributed by atoms with van der Waals surface area (Å²) in [6.07, 6.45) is 18.7. The van der Waals surface area contributed by atoms with Gasteiger partial charge in [0.1, 0.15) is 5.71 Å². The van der Waals surface area contributed by atoms with Gasteiger partial charge in [0, 0.05) is 17.6 Å². The van der Waals surface area contributed by atoms with E-state index in [0.29, 0.717) is 11.4 Å². The fraction of sp³-hybridized carbons (Fsp3) is 0. The molecule has 4 rings (SSSR count). The Balaban J connectivity index is 1.49. The first-order valence-electron chi connectivity index (χ1n) is 7.97. The Morgan fingerprint density at radius 2 is 1.62 bits per heavy atom. The van der Waals surface area contributed by atoms with E-state index in [4.69, 9.17) is 0 Å². The van der Waals surface area contributed by atoms with E-state index in [1.165, 1.54) is 0 Å². The molecular formula is C20H14N4OS. The molecule has 0 amide bonds. The van der Waals surface area contributed by atoms with Crippen LogP contribution in [0.3, 0.4) is 0 Å². The van der Waals surface area contributed by atoms with E-state index in [1.807, 2.05) is 54.7 Å². The van der Waals surface area contributed by atoms with Crippen LogP contribution in [0.1, 0.15) is 11.4 Å². The number of rotatable bonds is 4. The highest BCUT2D eigenvalue weighted by atomic mass is 32.1. The number of carbonyl (C=O) groups excluding carboxylic acids is 1. The van der Waals surface area contributed by atoms with Crippen molar-refractivity contribution in [3.63, 3.8) is 0 Å². The number of H-pyrrole nitrogens is 1. The van der Waals surface area contributed by atoms with Crippen molar-refractivity contribution in [3.05, 3.63) is 83.1 Å². The minimum atomic E-state index is -0.336. The van der Waals surface area contributed by atoms with E-state index in [9.17, 15) is 4.79 Å². The standard InChI is InChI=1S/C20H14N4OS/c25-20(26)19-8-7-18(24-19)12-17-6-5-16(23-17)11-15-4-3-14(22-15)10-13-2-1-9-21-13/h1-12,23H,(H,25,26). The predicted octanol–water partition coefficient (Wildman–Crippen LogP) is 3.70. The van der Waals surface area contributed by atoms with Crippen LogP contribution in [0.2, 0.25) is 0 Å². The number of hydrogen-bond donors (Lipinski definition) is 2. The van der Waals surface area contributed by atoms with Gasteiger partial charge in [0.25, 0.3) is 0 Å². The molecule has 0 radical (unpaired) electrons. The number of aliphatic imine (C=N–C) groups is 3. The van der Waals surface area contributed by atoms with Crippen molar-refractivity contribution in [2.75, 3.05) is 0 Å². The molecule has 0 saturated carbocycles. The summed E-state index contributed by atoms with van der Waals surface area (Å²) in [5.41, 5.74) is 5.52. The molecular weight excluding hydrogens is 344 g/mol. The maximum atomic E-state index is 11.2. The van der Waals surface area contributed by atoms with E-state index in [1.54, 1.807) is 18.4 Å². The van der Waals surface area contributed by atoms with Crippen LogP contribution in [0.5, 0.6) is 0 Å². The summed E-state index contributed by atoms with van der Waals surface area (Å²) >= 11 is 3.77. The van der Waals surface area contributed by atoms with Crippen molar-refractivity contribution in [2.24, 2.45) is 15.0 Å². The first-order chi connectivity index (χ1) is 12.7. The molecule has 26 heavy (non-hydrogen) atoms. The van der Waals surface area contributed by atoms with Gasteiger partial charge in [0.2, 0.25) is 5.12 Å². The first kappa shape index (κ1) is 16.2. The van der Waals surface area contributed by atoms with Gasteiger partial charge >= 0.3 is 0 Å². The van der Waals surface area contributed by atoms with Crippen LogP contribution in [0, 0.1) is 0 Å². The summed E-state index contributed by atoms with van der Waals surface area (Å²) in [6, 6.07) is 3.92. The van der Waals surface area contributed by atoms with Gasteiger partial charge in [-0.1, -0.05) is 12.6 Å². The molecule has 1 aromatic heterocycles. The molecule has 5 nitrogen and oxygen atoms in total. The molecule has 3 aliphatic heterocycles. The number of thiol groups is 1. The van der Waals surface area contributed by atoms with Crippen molar-refractivity contribution in [1.29, 1.82) is 0 Å². The fourth-order valence-electron chi connectivity index (χ4n) is 2.60. The Labute approximate surface area is 155 Å². The third-order valence-electron chi connectivity index (χ3n) is 3.77. The summed E-state index contributed by atoms with van der Waals surface area (Å²) in [5.74, 6) is 0. The molecule has 3 aliphatic rings. The molecule has 0 saturated heterocycles. The van der Waals surface area contributed by atoms with Crippen LogP contribution < -0.4 is 0 Å². The minimum Gasteiger partial charge on any atom is -0.355 e. The number of carbonyl (C=O) groups is 1. The summed E-state index contributed by atoms with van der Waals surface area (Å²) in [5, 5.41) is -0.336. The molecule has 1 N–H and O–H groups in total. The van der Waals surface area contributed by atoms with Gasteiger partial charge in [-0.2, -0.15) is 0 Å². The lowest BCUT2D eigenvalue weighted by Crippen LogP contribution is -1.99. The Morgan fingerprint density at radius 1 is 0.885 bits per heavy atom. The lowest BCUT2D eigenvalue weighted by Gasteiger charge is -1.92. The third kappa shape index (κ3) is 3.70. The zero-order valence-corrected chi connectivity index (χ0v) is 14.5. The lowest BCUT2D eigenvalue weighted by molar-refractivity contribution is -0.105. The minimum absolute atomic E-state index is 0.336. The zero-order chi connectivity index (χ0) is 17.9. The van der Waals surface area contributed by atoms with Gasteiger partial charge in [0.15, 0.2) is 0 Å². The molecule has 6 heteroatoms. The maximum absolute atomic E-state index is 11.2. The maximum Gasteiger partial charge on any atom is 0.234 e. The smallest absolute Gasteiger partial charge is 0.234 e. The normalized spacial score (nSPS) is 22.3. The van der Waals surface area contributed by atoms with Crippen LogP contribution in [0.25, 0.3) is 12.2 Å². The molecule has 0 bridgehead atoms. The molecule has 0 unspecified atom stereocenters. The van der Waals surface area contributed by atoms with Crippen molar-refractivity contribution >= 4 is 47.5 Å². The number of nitrogens with zero attached hydrogens (tertiary/aromatic N) is 3. The fourth-order valence-corrected chi connectivity index (χ4v) is 2.72. The van der Waals surface area contributed by atoms with Crippen LogP contribution in [0.4, 0.5) is 0 Å². The summed E-state index contributed by atoms with van der Waals surface area (Å²) < 4.78 is 0. The molecule has 0 aromatic carbocycles. The van der Waals surface area contributed by atoms with Gasteiger partial charge in [-0.25, -0.2) is 9.98 Å². The Kier molecular flexibility index (Phi) is 4.33. The van der Waals surface area contributed by atoms with E-state index in [2.05, 4.69) is 32.6 Å². The lowest BCUT2D eigenvalue weighted by atomic mass is 10.3. The Hall–Kier alpha value is -3.25. The van der Waals surface area contributed by atoms with E-state index in [-0.39, 0.29) is 5.12 Å². The predicted molar refractivity (Wildman–Crippen MR) is 110 cm³/mol. The van der Waals surface area contributed by atoms with Crippen molar-refractivity contribution < 1.29 is 4.79 Å². The highest BCUT2D eigenvalue weighted by Crippen LogP contribution is 2.18. The molecule has 4 heterocycles. The van der Waals surface area contributed by atoms with Crippen molar-refractivity contribution in [2.45, 2.75) is 0 Å². The number of nitrogens with one attached hydrogen (secondary N) is 1. The summed E-state index contributed by atoms with van der Waals surface area (Å²) in [4.78, 5) is 27.4. The molecule has 126 valence electrons. The second-order valence-corrected chi connectivity index (χ2v) is 6.13. The van der Waals surface area contributed by atoms with Crippen LogP contribution >= 0.6 is 12.6 Å². The van der Waals surface area contributed by atoms with Gasteiger partial charge in [-0.05, 0) is 66.8 Å². The van der Waals surface area contributed by atoms with Crippen molar-refractivity contribution in [1.82, 2.24) is 4.98 Å². The summed E-state index contributed by atoms with van der Waals surface area (Å²) in [7, 11) is 0. The second kappa shape index (κ2) is 6.93. The van der Waals surface area contributed by atoms with E-state index in [0.717, 1.165) is 28.5 Å². The number of aromatic nitrogens is 1. The molecule has 0 atom stereocenters. The quantitative estimate of drug-likeness (QED) is 0.792. The molecule has 0 aliphatic carbocycles. The largest absolute Gasteiger partial charge is 0.355 e. The van der Waals surface area contributed by atoms with Crippen LogP contribution in [0.15, 0.2) is 86.7 Å². The second-order valence-electron chi connectivity index (χ2n) is 5.72. The first-order valence-corrected chi connectivity index (χ1v) is 8.42. The third-order valence-corrected chi connectivity index (χ3v) is 4.00. The van der Waals surface area contributed by atoms with Gasteiger partial charge in [-0.15, -0.1) is 0 Å². The average Bonchev–Trinajstić information content (AvgIpc) is 3.38. The molecule has 0 fully saturated rings. The highest BCUT2D eigenvalue weighted by Gasteiger charge is 2.09. The highest BCUT2D eigenvalue weighted by molar-refractivity contribution is 7.99. The Morgan fingerprint density at radius 3 is 2.27 bits per heavy atom. The molecule has 0 spiro atoms. The topological polar surface area (TPSA) is 69.9 Å². The van der Waals surface area contributed by atoms with Gasteiger partial charge in [-0.3, -0.25) is 9.79 Å². The molecule has 1 aromatic rings. The number of hydrogen-bond acceptors (Lipinski definition) is 4. The number of allylic oxidation sites excluding steroid dienone is 7. The number of aromatic amines is 1. The SMILES string of the molecule is O=C(S)C1=NC(=Cc2ccc(C=C3C=CC(C=C4C=CC=N4)=N3)[nH]2)C=C1. The van der Waals surface area contributed by atoms with Crippen molar-refractivity contribution in [3.8, 4) is 0 Å². The van der Waals surface area contributed by atoms with Gasteiger partial charge < -0.3 is 4.98 Å². The van der Waals surface area contributed by atoms with Crippen LogP contribution in [-0.4, -0.2) is 27.7 Å². The zero-order valence-electron chi connectivity index (χ0n) is 13.6. The van der Waals surface area contributed by atoms with E-state index >= 15 is 0 Å². The van der Waals surface area contributed by atoms with Crippen LogP contribution in [-0.2, 0) is 4.79 Å². The Bertz CT molecular complexity index is 1040.